The van der Waals surface area contributed by atoms with E-state index in [1.165, 1.54) is 21.3 Å². The molecule has 2 aliphatic heterocycles. The summed E-state index contributed by atoms with van der Waals surface area (Å²) in [5.41, 5.74) is 1.74. The zero-order chi connectivity index (χ0) is 37.9. The zero-order valence-corrected chi connectivity index (χ0v) is 31.3. The quantitative estimate of drug-likeness (QED) is 0.208. The first-order chi connectivity index (χ1) is 23.4. The molecule has 1 fully saturated rings. The van der Waals surface area contributed by atoms with Gasteiger partial charge in [0.05, 0.1) is 25.4 Å². The van der Waals surface area contributed by atoms with Gasteiger partial charge < -0.3 is 43.7 Å². The molecule has 0 amide bonds. The molecule has 12 nitrogen and oxygen atoms in total. The number of carbonyl (C=O) groups is 3. The van der Waals surface area contributed by atoms with Gasteiger partial charge in [-0.15, -0.1) is 0 Å². The number of carbonyl (C=O) groups excluding carboxylic acids is 2. The smallest absolute Gasteiger partial charge is 0.373 e. The molecule has 0 aromatic rings. The molecule has 0 aromatic carbocycles. The van der Waals surface area contributed by atoms with Crippen LogP contribution in [0.1, 0.15) is 68.2 Å². The molecular formula is C38H58O12. The molecule has 1 saturated heterocycles. The zero-order valence-electron chi connectivity index (χ0n) is 31.3. The molecule has 12 unspecified atom stereocenters. The fraction of sp³-hybridized carbons (Fsp3) is 0.658. The van der Waals surface area contributed by atoms with E-state index in [4.69, 9.17) is 33.5 Å². The second kappa shape index (κ2) is 19.4. The van der Waals surface area contributed by atoms with Crippen molar-refractivity contribution in [3.05, 3.63) is 59.4 Å². The van der Waals surface area contributed by atoms with E-state index < -0.39 is 72.2 Å². The van der Waals surface area contributed by atoms with Crippen LogP contribution in [0.5, 0.6) is 0 Å². The van der Waals surface area contributed by atoms with Gasteiger partial charge in [0.15, 0.2) is 5.79 Å². The van der Waals surface area contributed by atoms with Gasteiger partial charge in [0.25, 0.3) is 0 Å². The summed E-state index contributed by atoms with van der Waals surface area (Å²) in [6, 6.07) is 0. The first kappa shape index (κ1) is 42.9. The Morgan fingerprint density at radius 3 is 2.32 bits per heavy atom. The number of ether oxygens (including phenoxy) is 6. The van der Waals surface area contributed by atoms with Gasteiger partial charge in [-0.3, -0.25) is 0 Å². The number of carboxylic acid groups (broad SMARTS) is 1. The molecule has 3 N–H and O–H groups in total. The van der Waals surface area contributed by atoms with Crippen LogP contribution in [0.4, 0.5) is 0 Å². The van der Waals surface area contributed by atoms with E-state index >= 15 is 0 Å². The first-order valence-electron chi connectivity index (χ1n) is 17.1. The number of rotatable bonds is 10. The van der Waals surface area contributed by atoms with Crippen molar-refractivity contribution in [3.8, 4) is 0 Å². The number of hydrogen-bond acceptors (Lipinski definition) is 11. The normalized spacial score (nSPS) is 33.7. The summed E-state index contributed by atoms with van der Waals surface area (Å²) in [5, 5.41) is 31.8. The van der Waals surface area contributed by atoms with Crippen LogP contribution in [0, 0.1) is 29.6 Å². The van der Waals surface area contributed by atoms with E-state index in [2.05, 4.69) is 0 Å². The molecule has 0 aromatic heterocycles. The van der Waals surface area contributed by atoms with E-state index in [1.54, 1.807) is 39.0 Å². The fourth-order valence-electron chi connectivity index (χ4n) is 6.73. The van der Waals surface area contributed by atoms with Crippen LogP contribution in [-0.4, -0.2) is 97.0 Å². The lowest BCUT2D eigenvalue weighted by molar-refractivity contribution is -0.330. The fourth-order valence-corrected chi connectivity index (χ4v) is 6.73. The summed E-state index contributed by atoms with van der Waals surface area (Å²) in [5.74, 6) is -6.40. The van der Waals surface area contributed by atoms with E-state index in [-0.39, 0.29) is 29.9 Å². The van der Waals surface area contributed by atoms with Gasteiger partial charge >= 0.3 is 17.9 Å². The van der Waals surface area contributed by atoms with Crippen LogP contribution in [0.25, 0.3) is 0 Å². The summed E-state index contributed by atoms with van der Waals surface area (Å²) >= 11 is 0. The van der Waals surface area contributed by atoms with Crippen molar-refractivity contribution in [1.29, 1.82) is 0 Å². The van der Waals surface area contributed by atoms with Crippen molar-refractivity contribution in [2.75, 3.05) is 21.3 Å². The minimum absolute atomic E-state index is 0.0322. The molecular weight excluding hydrogens is 648 g/mol. The molecule has 0 radical (unpaired) electrons. The Balaban J connectivity index is 2.54. The minimum Gasteiger partial charge on any atom is -0.490 e. The molecule has 12 atom stereocenters. The van der Waals surface area contributed by atoms with Gasteiger partial charge in [-0.2, -0.15) is 0 Å². The Morgan fingerprint density at radius 1 is 1.08 bits per heavy atom. The van der Waals surface area contributed by atoms with Crippen LogP contribution in [0.3, 0.4) is 0 Å². The first-order valence-corrected chi connectivity index (χ1v) is 17.1. The lowest BCUT2D eigenvalue weighted by atomic mass is 9.77. The van der Waals surface area contributed by atoms with Crippen LogP contribution in [0.2, 0.25) is 0 Å². The summed E-state index contributed by atoms with van der Waals surface area (Å²) in [6.07, 6.45) is 6.32. The van der Waals surface area contributed by atoms with E-state index in [0.29, 0.717) is 18.1 Å². The molecule has 0 saturated carbocycles. The molecule has 2 aliphatic rings. The van der Waals surface area contributed by atoms with Crippen LogP contribution >= 0.6 is 0 Å². The Bertz CT molecular complexity index is 1310. The predicted molar refractivity (Wildman–Crippen MR) is 186 cm³/mol. The van der Waals surface area contributed by atoms with Crippen molar-refractivity contribution in [3.63, 3.8) is 0 Å². The SMILES string of the molecule is COC1=CC(C)=CC(C)C(O)C(C)CC(C)=CC=CC(OC)C(C(C)C(O)C(C)C2(OC)CC(OC(=O)C=CC(=O)O)C(C)C(C)O2)OC1=O. The summed E-state index contributed by atoms with van der Waals surface area (Å²) in [4.78, 5) is 37.0. The average Bonchev–Trinajstić information content (AvgIpc) is 3.07. The lowest BCUT2D eigenvalue weighted by Crippen LogP contribution is -2.59. The number of aliphatic hydroxyl groups excluding tert-OH is 2. The number of aliphatic hydroxyl groups is 2. The van der Waals surface area contributed by atoms with Crippen molar-refractivity contribution >= 4 is 17.9 Å². The maximum Gasteiger partial charge on any atom is 0.373 e. The minimum atomic E-state index is -1.43. The molecule has 0 aliphatic carbocycles. The number of aliphatic carboxylic acids is 1. The van der Waals surface area contributed by atoms with Crippen molar-refractivity contribution < 1.29 is 58.1 Å². The number of hydrogen-bond donors (Lipinski definition) is 3. The average molecular weight is 707 g/mol. The molecule has 0 bridgehead atoms. The largest absolute Gasteiger partial charge is 0.490 e. The van der Waals surface area contributed by atoms with Crippen molar-refractivity contribution in [2.45, 2.75) is 111 Å². The number of allylic oxidation sites excluding steroid dienone is 5. The Kier molecular flexibility index (Phi) is 16.6. The summed E-state index contributed by atoms with van der Waals surface area (Å²) < 4.78 is 35.3. The highest BCUT2D eigenvalue weighted by atomic mass is 16.7. The molecule has 0 spiro atoms. The number of carboxylic acids is 1. The maximum atomic E-state index is 13.6. The molecule has 2 heterocycles. The van der Waals surface area contributed by atoms with E-state index in [0.717, 1.165) is 11.6 Å². The van der Waals surface area contributed by atoms with Crippen molar-refractivity contribution in [1.82, 2.24) is 0 Å². The highest BCUT2D eigenvalue weighted by molar-refractivity contribution is 5.90. The molecule has 12 heteroatoms. The molecule has 50 heavy (non-hydrogen) atoms. The van der Waals surface area contributed by atoms with Gasteiger partial charge in [0.1, 0.15) is 18.3 Å². The van der Waals surface area contributed by atoms with Gasteiger partial charge in [0.2, 0.25) is 5.76 Å². The third-order valence-corrected chi connectivity index (χ3v) is 10.0. The van der Waals surface area contributed by atoms with Crippen LogP contribution in [-0.2, 0) is 42.8 Å². The number of esters is 2. The highest BCUT2D eigenvalue weighted by Crippen LogP contribution is 2.43. The Morgan fingerprint density at radius 2 is 1.74 bits per heavy atom. The summed E-state index contributed by atoms with van der Waals surface area (Å²) in [6.45, 7) is 14.8. The maximum absolute atomic E-state index is 13.6. The summed E-state index contributed by atoms with van der Waals surface area (Å²) in [7, 11) is 4.28. The lowest BCUT2D eigenvalue weighted by Gasteiger charge is -2.50. The third kappa shape index (κ3) is 11.4. The Hall–Kier alpha value is -3.29. The van der Waals surface area contributed by atoms with E-state index in [1.807, 2.05) is 46.8 Å². The van der Waals surface area contributed by atoms with Gasteiger partial charge in [0, 0.05) is 56.5 Å². The van der Waals surface area contributed by atoms with Crippen LogP contribution in [0.15, 0.2) is 59.4 Å². The van der Waals surface area contributed by atoms with Gasteiger partial charge in [-0.25, -0.2) is 14.4 Å². The van der Waals surface area contributed by atoms with Crippen molar-refractivity contribution in [2.24, 2.45) is 29.6 Å². The van der Waals surface area contributed by atoms with Gasteiger partial charge in [-0.05, 0) is 39.2 Å². The number of cyclic esters (lactones) is 1. The number of methoxy groups -OCH3 is 3. The Labute approximate surface area is 296 Å². The standard InChI is InChI=1S/C38H58O12/c1-21-13-12-14-29(45-9)36(49-37(44)30(46-10)19-22(2)18-24(4)34(42)23(3)17-21)26(6)35(43)27(7)38(47-11)20-31(25(5)28(8)50-38)48-33(41)16-15-32(39)40/h12-16,18-19,23-29,31,34-36,42-43H,17,20H2,1-11H3,(H,39,40). The molecule has 282 valence electrons. The third-order valence-electron chi connectivity index (χ3n) is 10.0. The predicted octanol–water partition coefficient (Wildman–Crippen LogP) is 4.90. The molecule has 2 rings (SSSR count). The van der Waals surface area contributed by atoms with Crippen LogP contribution < -0.4 is 0 Å². The second-order valence-corrected chi connectivity index (χ2v) is 13.8. The second-order valence-electron chi connectivity index (χ2n) is 13.8. The van der Waals surface area contributed by atoms with Gasteiger partial charge in [-0.1, -0.05) is 70.1 Å². The highest BCUT2D eigenvalue weighted by Gasteiger charge is 2.53. The monoisotopic (exact) mass is 706 g/mol. The van der Waals surface area contributed by atoms with E-state index in [9.17, 15) is 24.6 Å². The topological polar surface area (TPSA) is 167 Å².